The smallest absolute Gasteiger partial charge is 0.259 e. The van der Waals surface area contributed by atoms with E-state index in [4.69, 9.17) is 4.42 Å². The standard InChI is InChI=1S/C17H19N3O3S/c1-8-7-12(10(3)23-8)15(21)18-6-5-13-19-16(22)14-9(2)11(4)24-17(14)20-13/h7H,5-6H2,1-4H3,(H,18,21)(H,19,20,22). The summed E-state index contributed by atoms with van der Waals surface area (Å²) in [6, 6.07) is 1.72. The van der Waals surface area contributed by atoms with Crippen molar-refractivity contribution in [1.29, 1.82) is 0 Å². The molecule has 0 fully saturated rings. The van der Waals surface area contributed by atoms with E-state index >= 15 is 0 Å². The number of aromatic nitrogens is 2. The predicted molar refractivity (Wildman–Crippen MR) is 93.9 cm³/mol. The third-order valence-corrected chi connectivity index (χ3v) is 5.12. The monoisotopic (exact) mass is 345 g/mol. The van der Waals surface area contributed by atoms with Gasteiger partial charge in [-0.05, 0) is 39.3 Å². The molecule has 0 saturated heterocycles. The van der Waals surface area contributed by atoms with Crippen molar-refractivity contribution in [1.82, 2.24) is 15.3 Å². The Labute approximate surface area is 142 Å². The number of aromatic amines is 1. The minimum absolute atomic E-state index is 0.121. The summed E-state index contributed by atoms with van der Waals surface area (Å²) in [6.07, 6.45) is 0.461. The largest absolute Gasteiger partial charge is 0.466 e. The second kappa shape index (κ2) is 6.24. The molecular formula is C17H19N3O3S. The SMILES string of the molecule is Cc1cc(C(=O)NCCc2nc3sc(C)c(C)c3c(=O)[nH]2)c(C)o1. The fraction of sp³-hybridized carbons (Fsp3) is 0.353. The molecule has 2 N–H and O–H groups in total. The van der Waals surface area contributed by atoms with Crippen LogP contribution in [0.4, 0.5) is 0 Å². The summed E-state index contributed by atoms with van der Waals surface area (Å²) >= 11 is 1.52. The normalized spacial score (nSPS) is 11.2. The van der Waals surface area contributed by atoms with Gasteiger partial charge in [-0.1, -0.05) is 0 Å². The Bertz CT molecular complexity index is 981. The van der Waals surface area contributed by atoms with Crippen molar-refractivity contribution in [2.45, 2.75) is 34.1 Å². The maximum absolute atomic E-state index is 12.2. The molecule has 3 aromatic heterocycles. The van der Waals surface area contributed by atoms with E-state index < -0.39 is 0 Å². The van der Waals surface area contributed by atoms with E-state index in [0.717, 1.165) is 15.3 Å². The van der Waals surface area contributed by atoms with Gasteiger partial charge in [-0.2, -0.15) is 0 Å². The first-order valence-corrected chi connectivity index (χ1v) is 8.52. The number of furan rings is 1. The van der Waals surface area contributed by atoms with E-state index in [9.17, 15) is 9.59 Å². The van der Waals surface area contributed by atoms with Gasteiger partial charge in [0.1, 0.15) is 22.2 Å². The van der Waals surface area contributed by atoms with E-state index in [1.807, 2.05) is 13.8 Å². The molecule has 0 aromatic carbocycles. The Kier molecular flexibility index (Phi) is 4.28. The quantitative estimate of drug-likeness (QED) is 0.761. The second-order valence-corrected chi connectivity index (χ2v) is 7.01. The number of nitrogens with zero attached hydrogens (tertiary/aromatic N) is 1. The summed E-state index contributed by atoms with van der Waals surface area (Å²) in [7, 11) is 0. The molecule has 0 aliphatic heterocycles. The van der Waals surface area contributed by atoms with Crippen LogP contribution in [0, 0.1) is 27.7 Å². The van der Waals surface area contributed by atoms with Crippen molar-refractivity contribution in [3.05, 3.63) is 49.8 Å². The van der Waals surface area contributed by atoms with E-state index in [1.165, 1.54) is 11.3 Å². The number of thiophene rings is 1. The van der Waals surface area contributed by atoms with Crippen molar-refractivity contribution in [3.8, 4) is 0 Å². The van der Waals surface area contributed by atoms with Crippen LogP contribution < -0.4 is 10.9 Å². The molecule has 7 heteroatoms. The molecular weight excluding hydrogens is 326 g/mol. The lowest BCUT2D eigenvalue weighted by Crippen LogP contribution is -2.27. The van der Waals surface area contributed by atoms with Crippen LogP contribution in [0.5, 0.6) is 0 Å². The van der Waals surface area contributed by atoms with Crippen molar-refractivity contribution >= 4 is 27.5 Å². The van der Waals surface area contributed by atoms with Crippen LogP contribution in [0.15, 0.2) is 15.3 Å². The minimum Gasteiger partial charge on any atom is -0.466 e. The average molecular weight is 345 g/mol. The van der Waals surface area contributed by atoms with Gasteiger partial charge in [0.2, 0.25) is 0 Å². The molecule has 0 bridgehead atoms. The van der Waals surface area contributed by atoms with Crippen LogP contribution in [0.3, 0.4) is 0 Å². The van der Waals surface area contributed by atoms with E-state index in [0.29, 0.717) is 41.3 Å². The van der Waals surface area contributed by atoms with Gasteiger partial charge >= 0.3 is 0 Å². The number of rotatable bonds is 4. The second-order valence-electron chi connectivity index (χ2n) is 5.81. The molecule has 0 aliphatic carbocycles. The molecule has 0 aliphatic rings. The molecule has 6 nitrogen and oxygen atoms in total. The Balaban J connectivity index is 1.71. The summed E-state index contributed by atoms with van der Waals surface area (Å²) in [6.45, 7) is 7.87. The van der Waals surface area contributed by atoms with Crippen LogP contribution in [0.1, 0.15) is 38.1 Å². The topological polar surface area (TPSA) is 88.0 Å². The van der Waals surface area contributed by atoms with Gasteiger partial charge in [0.15, 0.2) is 0 Å². The van der Waals surface area contributed by atoms with E-state index in [2.05, 4.69) is 15.3 Å². The third-order valence-electron chi connectivity index (χ3n) is 4.02. The Morgan fingerprint density at radius 1 is 1.33 bits per heavy atom. The lowest BCUT2D eigenvalue weighted by molar-refractivity contribution is 0.0952. The van der Waals surface area contributed by atoms with Gasteiger partial charge in [-0.25, -0.2) is 4.98 Å². The molecule has 0 radical (unpaired) electrons. The highest BCUT2D eigenvalue weighted by atomic mass is 32.1. The van der Waals surface area contributed by atoms with Gasteiger partial charge < -0.3 is 14.7 Å². The summed E-state index contributed by atoms with van der Waals surface area (Å²) in [5.41, 5.74) is 1.40. The van der Waals surface area contributed by atoms with Crippen molar-refractivity contribution < 1.29 is 9.21 Å². The lowest BCUT2D eigenvalue weighted by atomic mass is 10.2. The lowest BCUT2D eigenvalue weighted by Gasteiger charge is -2.04. The van der Waals surface area contributed by atoms with Crippen molar-refractivity contribution in [2.24, 2.45) is 0 Å². The number of nitrogens with one attached hydrogen (secondary N) is 2. The molecule has 3 heterocycles. The van der Waals surface area contributed by atoms with Crippen LogP contribution in [-0.2, 0) is 6.42 Å². The predicted octanol–water partition coefficient (Wildman–Crippen LogP) is 2.78. The van der Waals surface area contributed by atoms with Gasteiger partial charge in [0.05, 0.1) is 10.9 Å². The zero-order valence-corrected chi connectivity index (χ0v) is 14.9. The number of hydrogen-bond acceptors (Lipinski definition) is 5. The average Bonchev–Trinajstić information content (AvgIpc) is 2.98. The van der Waals surface area contributed by atoms with Gasteiger partial charge in [-0.3, -0.25) is 9.59 Å². The van der Waals surface area contributed by atoms with E-state index in [1.54, 1.807) is 19.9 Å². The third kappa shape index (κ3) is 2.99. The number of hydrogen-bond donors (Lipinski definition) is 2. The van der Waals surface area contributed by atoms with Crippen molar-refractivity contribution in [2.75, 3.05) is 6.54 Å². The molecule has 1 amide bonds. The number of fused-ring (bicyclic) bond motifs is 1. The van der Waals surface area contributed by atoms with Crippen LogP contribution >= 0.6 is 11.3 Å². The highest BCUT2D eigenvalue weighted by Gasteiger charge is 2.14. The zero-order chi connectivity index (χ0) is 17.4. The maximum atomic E-state index is 12.2. The fourth-order valence-corrected chi connectivity index (χ4v) is 3.71. The molecule has 126 valence electrons. The molecule has 0 atom stereocenters. The summed E-state index contributed by atoms with van der Waals surface area (Å²) in [5.74, 6) is 1.70. The van der Waals surface area contributed by atoms with Crippen LogP contribution in [0.2, 0.25) is 0 Å². The highest BCUT2D eigenvalue weighted by Crippen LogP contribution is 2.25. The number of H-pyrrole nitrogens is 1. The minimum atomic E-state index is -0.185. The first-order valence-electron chi connectivity index (χ1n) is 7.71. The fourth-order valence-electron chi connectivity index (χ4n) is 2.66. The zero-order valence-electron chi connectivity index (χ0n) is 14.1. The summed E-state index contributed by atoms with van der Waals surface area (Å²) in [5, 5.41) is 3.49. The first kappa shape index (κ1) is 16.4. The summed E-state index contributed by atoms with van der Waals surface area (Å²) < 4.78 is 5.36. The molecule has 0 unspecified atom stereocenters. The van der Waals surface area contributed by atoms with E-state index in [-0.39, 0.29) is 11.5 Å². The molecule has 0 spiro atoms. The molecule has 24 heavy (non-hydrogen) atoms. The van der Waals surface area contributed by atoms with Crippen LogP contribution in [-0.4, -0.2) is 22.4 Å². The number of carbonyl (C=O) groups is 1. The number of aryl methyl sites for hydroxylation is 4. The van der Waals surface area contributed by atoms with Crippen molar-refractivity contribution in [3.63, 3.8) is 0 Å². The maximum Gasteiger partial charge on any atom is 0.259 e. The Morgan fingerprint density at radius 3 is 2.75 bits per heavy atom. The molecule has 0 saturated carbocycles. The Hall–Kier alpha value is -2.41. The first-order chi connectivity index (χ1) is 11.4. The van der Waals surface area contributed by atoms with Gasteiger partial charge in [0, 0.05) is 17.8 Å². The number of carbonyl (C=O) groups excluding carboxylic acids is 1. The molecule has 3 aromatic rings. The van der Waals surface area contributed by atoms with Gasteiger partial charge in [-0.15, -0.1) is 11.3 Å². The van der Waals surface area contributed by atoms with Gasteiger partial charge in [0.25, 0.3) is 11.5 Å². The highest BCUT2D eigenvalue weighted by molar-refractivity contribution is 7.18. The van der Waals surface area contributed by atoms with Crippen LogP contribution in [0.25, 0.3) is 10.2 Å². The summed E-state index contributed by atoms with van der Waals surface area (Å²) in [4.78, 5) is 33.5. The Morgan fingerprint density at radius 2 is 2.08 bits per heavy atom. The molecule has 3 rings (SSSR count). The number of amides is 1.